The van der Waals surface area contributed by atoms with Crippen LogP contribution in [0.3, 0.4) is 0 Å². The molecule has 0 spiro atoms. The average Bonchev–Trinajstić information content (AvgIpc) is 2.61. The van der Waals surface area contributed by atoms with Crippen LogP contribution >= 0.6 is 0 Å². The maximum atomic E-state index is 11.9. The van der Waals surface area contributed by atoms with Crippen LogP contribution in [-0.4, -0.2) is 23.8 Å². The van der Waals surface area contributed by atoms with Gasteiger partial charge in [0.15, 0.2) is 6.61 Å². The van der Waals surface area contributed by atoms with Gasteiger partial charge in [0, 0.05) is 5.56 Å². The molecule has 0 atom stereocenters. The molecule has 2 aromatic rings. The molecule has 156 valence electrons. The van der Waals surface area contributed by atoms with Gasteiger partial charge in [-0.3, -0.25) is 4.79 Å². The van der Waals surface area contributed by atoms with E-state index in [1.54, 1.807) is 18.2 Å². The van der Waals surface area contributed by atoms with Crippen LogP contribution in [0.4, 0.5) is 0 Å². The molecule has 0 aromatic heterocycles. The zero-order valence-corrected chi connectivity index (χ0v) is 18.2. The van der Waals surface area contributed by atoms with Gasteiger partial charge in [-0.2, -0.15) is 5.10 Å². The zero-order valence-electron chi connectivity index (χ0n) is 18.2. The third-order valence-corrected chi connectivity index (χ3v) is 4.55. The molecule has 0 bridgehead atoms. The van der Waals surface area contributed by atoms with Crippen LogP contribution < -0.4 is 10.2 Å². The quantitative estimate of drug-likeness (QED) is 0.514. The molecule has 0 aliphatic heterocycles. The number of aryl methyl sites for hydroxylation is 1. The van der Waals surface area contributed by atoms with Crippen LogP contribution in [0.15, 0.2) is 47.6 Å². The normalized spacial score (nSPS) is 12.2. The molecule has 5 heteroatoms. The number of aromatic hydroxyl groups is 1. The summed E-state index contributed by atoms with van der Waals surface area (Å²) >= 11 is 0. The van der Waals surface area contributed by atoms with E-state index < -0.39 is 0 Å². The lowest BCUT2D eigenvalue weighted by molar-refractivity contribution is -0.123. The second-order valence-electron chi connectivity index (χ2n) is 9.29. The van der Waals surface area contributed by atoms with Gasteiger partial charge in [-0.1, -0.05) is 58.4 Å². The number of carbonyl (C=O) groups excluding carboxylic acids is 1. The number of benzene rings is 2. The number of hydrazone groups is 1. The molecule has 29 heavy (non-hydrogen) atoms. The van der Waals surface area contributed by atoms with E-state index >= 15 is 0 Å². The Morgan fingerprint density at radius 2 is 1.76 bits per heavy atom. The number of amides is 1. The van der Waals surface area contributed by atoms with Gasteiger partial charge in [0.1, 0.15) is 11.5 Å². The van der Waals surface area contributed by atoms with Gasteiger partial charge in [-0.25, -0.2) is 5.43 Å². The highest BCUT2D eigenvalue weighted by molar-refractivity contribution is 5.85. The predicted molar refractivity (Wildman–Crippen MR) is 118 cm³/mol. The summed E-state index contributed by atoms with van der Waals surface area (Å²) in [7, 11) is 0. The van der Waals surface area contributed by atoms with Gasteiger partial charge in [-0.05, 0) is 54.0 Å². The standard InChI is InChI=1S/C24H32N2O3/c1-17-7-12-21(27)18(13-17)14-25-26-22(28)15-29-20-10-8-19(9-11-20)24(5,6)16-23(2,3)4/h7-14,27H,15-16H2,1-6H3,(H,26,28)/b25-14-. The van der Waals surface area contributed by atoms with E-state index in [9.17, 15) is 9.90 Å². The number of nitrogens with one attached hydrogen (secondary N) is 1. The van der Waals surface area contributed by atoms with E-state index in [0.717, 1.165) is 12.0 Å². The fourth-order valence-corrected chi connectivity index (χ4v) is 3.56. The Labute approximate surface area is 173 Å². The third-order valence-electron chi connectivity index (χ3n) is 4.55. The lowest BCUT2D eigenvalue weighted by atomic mass is 9.72. The SMILES string of the molecule is Cc1ccc(O)c(/C=N\NC(=O)COc2ccc(C(C)(C)CC(C)(C)C)cc2)c1. The lowest BCUT2D eigenvalue weighted by Crippen LogP contribution is -2.25. The Morgan fingerprint density at radius 1 is 1.10 bits per heavy atom. The van der Waals surface area contributed by atoms with Crippen LogP contribution in [0, 0.1) is 12.3 Å². The van der Waals surface area contributed by atoms with Crippen molar-refractivity contribution in [1.29, 1.82) is 0 Å². The summed E-state index contributed by atoms with van der Waals surface area (Å²) in [6, 6.07) is 13.1. The van der Waals surface area contributed by atoms with Crippen LogP contribution in [0.1, 0.15) is 57.7 Å². The molecule has 0 aliphatic carbocycles. The van der Waals surface area contributed by atoms with E-state index in [1.807, 2.05) is 19.1 Å². The first-order valence-electron chi connectivity index (χ1n) is 9.81. The minimum Gasteiger partial charge on any atom is -0.507 e. The highest BCUT2D eigenvalue weighted by Gasteiger charge is 2.27. The Hall–Kier alpha value is -2.82. The zero-order chi connectivity index (χ0) is 21.7. The van der Waals surface area contributed by atoms with Crippen molar-refractivity contribution in [3.05, 3.63) is 59.2 Å². The number of phenols is 1. The first-order chi connectivity index (χ1) is 13.5. The number of hydrogen-bond donors (Lipinski definition) is 2. The number of hydrogen-bond acceptors (Lipinski definition) is 4. The van der Waals surface area contributed by atoms with Gasteiger partial charge >= 0.3 is 0 Å². The van der Waals surface area contributed by atoms with Gasteiger partial charge < -0.3 is 9.84 Å². The van der Waals surface area contributed by atoms with Crippen LogP contribution in [0.2, 0.25) is 0 Å². The van der Waals surface area contributed by atoms with Crippen molar-refractivity contribution in [2.45, 2.75) is 53.4 Å². The number of rotatable bonds is 7. The van der Waals surface area contributed by atoms with Gasteiger partial charge in [0.25, 0.3) is 5.91 Å². The molecule has 2 aromatic carbocycles. The fraction of sp³-hybridized carbons (Fsp3) is 0.417. The monoisotopic (exact) mass is 396 g/mol. The molecule has 0 saturated carbocycles. The Morgan fingerprint density at radius 3 is 2.38 bits per heavy atom. The molecular formula is C24H32N2O3. The van der Waals surface area contributed by atoms with Gasteiger partial charge in [-0.15, -0.1) is 0 Å². The number of nitrogens with zero attached hydrogens (tertiary/aromatic N) is 1. The van der Waals surface area contributed by atoms with Crippen molar-refractivity contribution in [2.75, 3.05) is 6.61 Å². The van der Waals surface area contributed by atoms with Gasteiger partial charge in [0.05, 0.1) is 6.21 Å². The minimum absolute atomic E-state index is 0.0597. The Bertz CT molecular complexity index is 863. The first-order valence-corrected chi connectivity index (χ1v) is 9.81. The molecule has 5 nitrogen and oxygen atoms in total. The molecule has 1 amide bonds. The first kappa shape index (κ1) is 22.5. The van der Waals surface area contributed by atoms with Crippen LogP contribution in [0.25, 0.3) is 0 Å². The molecule has 2 N–H and O–H groups in total. The van der Waals surface area contributed by atoms with Crippen LogP contribution in [0.5, 0.6) is 11.5 Å². The molecule has 0 fully saturated rings. The van der Waals surface area contributed by atoms with E-state index in [0.29, 0.717) is 11.3 Å². The van der Waals surface area contributed by atoms with Crippen molar-refractivity contribution in [3.63, 3.8) is 0 Å². The number of phenolic OH excluding ortho intramolecular Hbond substituents is 1. The van der Waals surface area contributed by atoms with E-state index in [1.165, 1.54) is 11.8 Å². The summed E-state index contributed by atoms with van der Waals surface area (Å²) in [6.45, 7) is 13.0. The molecule has 2 rings (SSSR count). The van der Waals surface area contributed by atoms with E-state index in [2.05, 4.69) is 57.3 Å². The average molecular weight is 397 g/mol. The Kier molecular flexibility index (Phi) is 7.07. The summed E-state index contributed by atoms with van der Waals surface area (Å²) in [5.74, 6) is 0.376. The highest BCUT2D eigenvalue weighted by atomic mass is 16.5. The van der Waals surface area contributed by atoms with E-state index in [-0.39, 0.29) is 29.1 Å². The fourth-order valence-electron chi connectivity index (χ4n) is 3.56. The van der Waals surface area contributed by atoms with Crippen molar-refractivity contribution in [2.24, 2.45) is 10.5 Å². The molecule has 0 heterocycles. The second-order valence-corrected chi connectivity index (χ2v) is 9.29. The molecule has 0 unspecified atom stereocenters. The summed E-state index contributed by atoms with van der Waals surface area (Å²) < 4.78 is 5.55. The van der Waals surface area contributed by atoms with Crippen molar-refractivity contribution >= 4 is 12.1 Å². The van der Waals surface area contributed by atoms with Gasteiger partial charge in [0.2, 0.25) is 0 Å². The Balaban J connectivity index is 1.87. The summed E-state index contributed by atoms with van der Waals surface area (Å²) in [4.78, 5) is 11.9. The molecule has 0 radical (unpaired) electrons. The number of carbonyl (C=O) groups is 1. The topological polar surface area (TPSA) is 70.9 Å². The number of ether oxygens (including phenoxy) is 1. The lowest BCUT2D eigenvalue weighted by Gasteiger charge is -2.33. The third kappa shape index (κ3) is 7.26. The van der Waals surface area contributed by atoms with E-state index in [4.69, 9.17) is 4.74 Å². The summed E-state index contributed by atoms with van der Waals surface area (Å²) in [5.41, 5.74) is 5.48. The second kappa shape index (κ2) is 9.12. The molecule has 0 aliphatic rings. The molecule has 0 saturated heterocycles. The van der Waals surface area contributed by atoms with Crippen molar-refractivity contribution < 1.29 is 14.6 Å². The summed E-state index contributed by atoms with van der Waals surface area (Å²) in [5, 5.41) is 13.6. The van der Waals surface area contributed by atoms with Crippen molar-refractivity contribution in [1.82, 2.24) is 5.43 Å². The van der Waals surface area contributed by atoms with Crippen LogP contribution in [-0.2, 0) is 10.2 Å². The maximum Gasteiger partial charge on any atom is 0.277 e. The maximum absolute atomic E-state index is 11.9. The molecular weight excluding hydrogens is 364 g/mol. The summed E-state index contributed by atoms with van der Waals surface area (Å²) in [6.07, 6.45) is 2.48. The smallest absolute Gasteiger partial charge is 0.277 e. The largest absolute Gasteiger partial charge is 0.507 e. The minimum atomic E-state index is -0.370. The predicted octanol–water partition coefficient (Wildman–Crippen LogP) is 4.94. The highest BCUT2D eigenvalue weighted by Crippen LogP contribution is 2.36. The van der Waals surface area contributed by atoms with Crippen molar-refractivity contribution in [3.8, 4) is 11.5 Å².